The zero-order valence-electron chi connectivity index (χ0n) is 25.0. The Bertz CT molecular complexity index is 1320. The van der Waals surface area contributed by atoms with Crippen molar-refractivity contribution in [2.24, 2.45) is 0 Å². The van der Waals surface area contributed by atoms with E-state index in [4.69, 9.17) is 9.97 Å². The molecule has 2 N–H and O–H groups in total. The molecule has 3 aromatic heterocycles. The van der Waals surface area contributed by atoms with Gasteiger partial charge in [0, 0.05) is 44.3 Å². The van der Waals surface area contributed by atoms with Gasteiger partial charge in [-0.25, -0.2) is 9.97 Å². The molecule has 5 heterocycles. The summed E-state index contributed by atoms with van der Waals surface area (Å²) in [7, 11) is 0. The van der Waals surface area contributed by atoms with Crippen molar-refractivity contribution in [3.05, 3.63) is 69.3 Å². The molecule has 0 aromatic carbocycles. The Kier molecular flexibility index (Phi) is 9.36. The number of unbranched alkanes of at least 4 members (excludes halogenated alkanes) is 4. The maximum atomic E-state index is 5.28. The maximum Gasteiger partial charge on any atom is 0.0690 e. The zero-order chi connectivity index (χ0) is 27.9. The summed E-state index contributed by atoms with van der Waals surface area (Å²) < 4.78 is 0. The second-order valence-corrected chi connectivity index (χ2v) is 11.3. The summed E-state index contributed by atoms with van der Waals surface area (Å²) in [5.74, 6) is 0. The molecule has 210 valence electrons. The number of fused-ring (bicyclic) bond motifs is 8. The van der Waals surface area contributed by atoms with Crippen LogP contribution in [0.25, 0.3) is 46.4 Å². The molecule has 4 nitrogen and oxygen atoms in total. The first kappa shape index (κ1) is 28.1. The van der Waals surface area contributed by atoms with Crippen molar-refractivity contribution in [1.29, 1.82) is 0 Å². The standard InChI is InChI=1S/C36H46N4/c1-5-9-13-25-29-17-19-31(37-29)26(14-10-6-2)33-21-23-35(39-33)28(16-12-8-4)36-24-22-34(40-36)27(15-11-7-3)32-20-18-30(25)38-32/h17-24,37,40H,5-16H2,1-4H3. The van der Waals surface area contributed by atoms with Gasteiger partial charge in [-0.05, 0) is 99.9 Å². The number of aromatic nitrogens is 4. The Morgan fingerprint density at radius 3 is 0.900 bits per heavy atom. The fourth-order valence-electron chi connectivity index (χ4n) is 5.91. The molecule has 5 rings (SSSR count). The summed E-state index contributed by atoms with van der Waals surface area (Å²) in [6.07, 6.45) is 22.2. The van der Waals surface area contributed by atoms with E-state index in [1.807, 2.05) is 0 Å². The van der Waals surface area contributed by atoms with E-state index in [0.29, 0.717) is 0 Å². The van der Waals surface area contributed by atoms with Crippen LogP contribution in [0.2, 0.25) is 0 Å². The van der Waals surface area contributed by atoms with Gasteiger partial charge in [0.25, 0.3) is 0 Å². The van der Waals surface area contributed by atoms with Crippen LogP contribution in [0, 0.1) is 0 Å². The molecular weight excluding hydrogens is 488 g/mol. The minimum absolute atomic E-state index is 1.02. The maximum absolute atomic E-state index is 5.28. The van der Waals surface area contributed by atoms with E-state index in [0.717, 1.165) is 99.8 Å². The van der Waals surface area contributed by atoms with Crippen molar-refractivity contribution < 1.29 is 0 Å². The van der Waals surface area contributed by atoms with Gasteiger partial charge < -0.3 is 9.97 Å². The number of nitrogens with zero attached hydrogens (tertiary/aromatic N) is 2. The Hall–Kier alpha value is -3.40. The van der Waals surface area contributed by atoms with Gasteiger partial charge in [-0.15, -0.1) is 0 Å². The average molecular weight is 535 g/mol. The molecule has 0 spiro atoms. The van der Waals surface area contributed by atoms with E-state index >= 15 is 0 Å². The van der Waals surface area contributed by atoms with Crippen LogP contribution in [-0.4, -0.2) is 19.9 Å². The van der Waals surface area contributed by atoms with E-state index in [-0.39, 0.29) is 0 Å². The smallest absolute Gasteiger partial charge is 0.0690 e. The lowest BCUT2D eigenvalue weighted by atomic mass is 10.1. The number of nitrogens with one attached hydrogen (secondary N) is 2. The van der Waals surface area contributed by atoms with Crippen molar-refractivity contribution in [2.45, 2.75) is 105 Å². The van der Waals surface area contributed by atoms with Gasteiger partial charge >= 0.3 is 0 Å². The third kappa shape index (κ3) is 6.01. The average Bonchev–Trinajstić information content (AvgIpc) is 3.78. The highest BCUT2D eigenvalue weighted by molar-refractivity contribution is 5.83. The lowest BCUT2D eigenvalue weighted by molar-refractivity contribution is 0.789. The number of hydrogen-bond acceptors (Lipinski definition) is 2. The first-order chi connectivity index (χ1) is 19.7. The highest BCUT2D eigenvalue weighted by Gasteiger charge is 2.15. The molecule has 4 heteroatoms. The van der Waals surface area contributed by atoms with Gasteiger partial charge in [0.05, 0.1) is 22.8 Å². The fraction of sp³-hybridized carbons (Fsp3) is 0.444. The molecule has 3 aromatic rings. The Labute approximate surface area is 240 Å². The Balaban J connectivity index is 1.88. The minimum atomic E-state index is 1.02. The van der Waals surface area contributed by atoms with Crippen LogP contribution in [0.5, 0.6) is 0 Å². The molecule has 0 unspecified atom stereocenters. The van der Waals surface area contributed by atoms with Crippen molar-refractivity contribution in [2.75, 3.05) is 0 Å². The van der Waals surface area contributed by atoms with Gasteiger partial charge in [-0.3, -0.25) is 0 Å². The van der Waals surface area contributed by atoms with E-state index < -0.39 is 0 Å². The molecule has 0 aliphatic carbocycles. The zero-order valence-corrected chi connectivity index (χ0v) is 25.0. The molecule has 0 saturated carbocycles. The number of aromatic amines is 2. The van der Waals surface area contributed by atoms with E-state index in [1.54, 1.807) is 0 Å². The predicted octanol–water partition coefficient (Wildman–Crippen LogP) is 10.0. The quantitative estimate of drug-likeness (QED) is 0.167. The summed E-state index contributed by atoms with van der Waals surface area (Å²) >= 11 is 0. The van der Waals surface area contributed by atoms with Crippen LogP contribution in [0.1, 0.15) is 124 Å². The molecule has 2 aliphatic heterocycles. The normalized spacial score (nSPS) is 12.5. The van der Waals surface area contributed by atoms with Crippen molar-refractivity contribution >= 4 is 46.4 Å². The van der Waals surface area contributed by atoms with Crippen LogP contribution >= 0.6 is 0 Å². The monoisotopic (exact) mass is 534 g/mol. The fourth-order valence-corrected chi connectivity index (χ4v) is 5.91. The van der Waals surface area contributed by atoms with Gasteiger partial charge in [0.1, 0.15) is 0 Å². The summed E-state index contributed by atoms with van der Waals surface area (Å²) in [5, 5.41) is 0. The molecule has 0 amide bonds. The van der Waals surface area contributed by atoms with Gasteiger partial charge in [0.2, 0.25) is 0 Å². The topological polar surface area (TPSA) is 57.4 Å². The predicted molar refractivity (Wildman–Crippen MR) is 173 cm³/mol. The number of aryl methyl sites for hydroxylation is 4. The molecule has 0 radical (unpaired) electrons. The molecule has 8 bridgehead atoms. The van der Waals surface area contributed by atoms with Crippen molar-refractivity contribution in [3.63, 3.8) is 0 Å². The summed E-state index contributed by atoms with van der Waals surface area (Å²) in [6, 6.07) is 9.06. The van der Waals surface area contributed by atoms with Crippen LogP contribution in [0.15, 0.2) is 24.3 Å². The van der Waals surface area contributed by atoms with Crippen LogP contribution in [-0.2, 0) is 25.7 Å². The molecule has 0 atom stereocenters. The third-order valence-electron chi connectivity index (χ3n) is 8.31. The van der Waals surface area contributed by atoms with Crippen molar-refractivity contribution in [1.82, 2.24) is 19.9 Å². The Morgan fingerprint density at radius 1 is 0.425 bits per heavy atom. The summed E-state index contributed by atoms with van der Waals surface area (Å²) in [5.41, 5.74) is 14.4. The van der Waals surface area contributed by atoms with Crippen molar-refractivity contribution in [3.8, 4) is 0 Å². The van der Waals surface area contributed by atoms with Crippen LogP contribution < -0.4 is 0 Å². The van der Waals surface area contributed by atoms with Crippen LogP contribution in [0.4, 0.5) is 0 Å². The van der Waals surface area contributed by atoms with Gasteiger partial charge in [0.15, 0.2) is 0 Å². The highest BCUT2D eigenvalue weighted by Crippen LogP contribution is 2.29. The third-order valence-corrected chi connectivity index (χ3v) is 8.31. The van der Waals surface area contributed by atoms with E-state index in [2.05, 4.69) is 86.2 Å². The molecule has 40 heavy (non-hydrogen) atoms. The molecule has 0 saturated heterocycles. The second kappa shape index (κ2) is 13.3. The molecule has 2 aliphatic rings. The van der Waals surface area contributed by atoms with Gasteiger partial charge in [-0.1, -0.05) is 53.4 Å². The SMILES string of the molecule is CCCCc1c2nc(c(CCCC)c3ccc([nH]3)c(CCCC)c3nc(c(CCCC)c4ccc1[nH]4)C=C3)C=C2. The second-order valence-electron chi connectivity index (χ2n) is 11.3. The number of hydrogen-bond donors (Lipinski definition) is 2. The van der Waals surface area contributed by atoms with Crippen LogP contribution in [0.3, 0.4) is 0 Å². The largest absolute Gasteiger partial charge is 0.355 e. The number of rotatable bonds is 12. The first-order valence-corrected chi connectivity index (χ1v) is 15.8. The van der Waals surface area contributed by atoms with E-state index in [9.17, 15) is 0 Å². The number of H-pyrrole nitrogens is 2. The van der Waals surface area contributed by atoms with Gasteiger partial charge in [-0.2, -0.15) is 0 Å². The molecular formula is C36H46N4. The summed E-state index contributed by atoms with van der Waals surface area (Å²) in [6.45, 7) is 9.06. The summed E-state index contributed by atoms with van der Waals surface area (Å²) in [4.78, 5) is 18.2. The first-order valence-electron chi connectivity index (χ1n) is 15.8. The Morgan fingerprint density at radius 2 is 0.675 bits per heavy atom. The van der Waals surface area contributed by atoms with E-state index in [1.165, 1.54) is 44.3 Å². The molecule has 0 fully saturated rings. The lowest BCUT2D eigenvalue weighted by Gasteiger charge is -2.05. The minimum Gasteiger partial charge on any atom is -0.355 e. The lowest BCUT2D eigenvalue weighted by Crippen LogP contribution is -1.95. The highest BCUT2D eigenvalue weighted by atomic mass is 14.8.